The maximum atomic E-state index is 5.91. The van der Waals surface area contributed by atoms with Gasteiger partial charge in [0.15, 0.2) is 0 Å². The lowest BCUT2D eigenvalue weighted by molar-refractivity contribution is 0.481. The molecule has 1 aliphatic rings. The van der Waals surface area contributed by atoms with E-state index < -0.39 is 0 Å². The number of hydrogen-bond acceptors (Lipinski definition) is 1. The monoisotopic (exact) mass is 336 g/mol. The fraction of sp³-hybridized carbons (Fsp3) is 0.250. The molecule has 0 aliphatic heterocycles. The third kappa shape index (κ3) is 2.80. The quantitative estimate of drug-likeness (QED) is 0.675. The Balaban J connectivity index is 1.83. The minimum atomic E-state index is 0.500. The van der Waals surface area contributed by atoms with Crippen LogP contribution in [0.1, 0.15) is 23.1 Å². The van der Waals surface area contributed by atoms with Crippen molar-refractivity contribution >= 4 is 27.5 Å². The van der Waals surface area contributed by atoms with Crippen molar-refractivity contribution in [3.63, 3.8) is 0 Å². The first-order valence-corrected chi connectivity index (χ1v) is 7.73. The summed E-state index contributed by atoms with van der Waals surface area (Å²) in [6, 6.07) is 12.3. The molecular weight excluding hydrogens is 324 g/mol. The molecule has 98 valence electrons. The number of aryl methyl sites for hydroxylation is 2. The van der Waals surface area contributed by atoms with Crippen molar-refractivity contribution in [2.45, 2.75) is 25.1 Å². The van der Waals surface area contributed by atoms with Crippen LogP contribution >= 0.6 is 27.5 Å². The molecule has 0 fully saturated rings. The summed E-state index contributed by atoms with van der Waals surface area (Å²) in [6.45, 7) is 0. The second kappa shape index (κ2) is 5.56. The van der Waals surface area contributed by atoms with Crippen LogP contribution in [0.5, 0.6) is 11.5 Å². The van der Waals surface area contributed by atoms with Gasteiger partial charge in [-0.3, -0.25) is 0 Å². The van der Waals surface area contributed by atoms with Gasteiger partial charge in [-0.2, -0.15) is 0 Å². The molecule has 0 N–H and O–H groups in total. The predicted octanol–water partition coefficient (Wildman–Crippen LogP) is 5.47. The lowest BCUT2D eigenvalue weighted by Crippen LogP contribution is -1.89. The molecule has 0 saturated carbocycles. The van der Waals surface area contributed by atoms with Crippen molar-refractivity contribution in [2.24, 2.45) is 0 Å². The minimum Gasteiger partial charge on any atom is -0.457 e. The number of benzene rings is 2. The molecule has 0 heterocycles. The van der Waals surface area contributed by atoms with Gasteiger partial charge in [-0.1, -0.05) is 28.1 Å². The molecule has 3 heteroatoms. The first-order valence-electron chi connectivity index (χ1n) is 6.40. The molecule has 3 rings (SSSR count). The van der Waals surface area contributed by atoms with E-state index in [-0.39, 0.29) is 0 Å². The van der Waals surface area contributed by atoms with E-state index in [4.69, 9.17) is 16.3 Å². The normalized spacial score (nSPS) is 13.4. The fourth-order valence-corrected chi connectivity index (χ4v) is 3.34. The molecule has 0 bridgehead atoms. The van der Waals surface area contributed by atoms with E-state index in [1.165, 1.54) is 30.4 Å². The summed E-state index contributed by atoms with van der Waals surface area (Å²) >= 11 is 9.34. The van der Waals surface area contributed by atoms with Gasteiger partial charge in [-0.05, 0) is 60.2 Å². The van der Waals surface area contributed by atoms with Gasteiger partial charge in [-0.25, -0.2) is 0 Å². The van der Waals surface area contributed by atoms with Crippen LogP contribution in [0, 0.1) is 0 Å². The fourth-order valence-electron chi connectivity index (χ4n) is 2.45. The van der Waals surface area contributed by atoms with Crippen LogP contribution in [-0.4, -0.2) is 0 Å². The zero-order valence-corrected chi connectivity index (χ0v) is 12.8. The van der Waals surface area contributed by atoms with Crippen LogP contribution < -0.4 is 4.74 Å². The molecule has 1 nitrogen and oxygen atoms in total. The summed E-state index contributed by atoms with van der Waals surface area (Å²) < 4.78 is 6.90. The minimum absolute atomic E-state index is 0.500. The highest BCUT2D eigenvalue weighted by Crippen LogP contribution is 2.31. The standard InChI is InChI=1S/C16H14BrClO/c17-16-9-15(7-5-13(16)10-18)19-14-6-4-11-2-1-3-12(11)8-14/h4-9H,1-3,10H2. The first-order chi connectivity index (χ1) is 9.26. The predicted molar refractivity (Wildman–Crippen MR) is 82.2 cm³/mol. The van der Waals surface area contributed by atoms with Gasteiger partial charge in [-0.15, -0.1) is 11.6 Å². The molecule has 0 atom stereocenters. The van der Waals surface area contributed by atoms with Gasteiger partial charge in [0.25, 0.3) is 0 Å². The topological polar surface area (TPSA) is 9.23 Å². The molecule has 1 aliphatic carbocycles. The Bertz CT molecular complexity index is 610. The Labute approximate surface area is 126 Å². The Morgan fingerprint density at radius 2 is 1.74 bits per heavy atom. The van der Waals surface area contributed by atoms with Crippen LogP contribution in [0.4, 0.5) is 0 Å². The summed E-state index contributed by atoms with van der Waals surface area (Å²) in [6.07, 6.45) is 3.63. The molecule has 0 amide bonds. The number of fused-ring (bicyclic) bond motifs is 1. The molecule has 0 aromatic heterocycles. The van der Waals surface area contributed by atoms with Crippen LogP contribution in [0.2, 0.25) is 0 Å². The van der Waals surface area contributed by atoms with Crippen molar-refractivity contribution < 1.29 is 4.74 Å². The SMILES string of the molecule is ClCc1ccc(Oc2ccc3c(c2)CCC3)cc1Br. The van der Waals surface area contributed by atoms with Crippen molar-refractivity contribution in [3.05, 3.63) is 57.6 Å². The van der Waals surface area contributed by atoms with Gasteiger partial charge < -0.3 is 4.74 Å². The van der Waals surface area contributed by atoms with E-state index in [9.17, 15) is 0 Å². The number of alkyl halides is 1. The summed E-state index contributed by atoms with van der Waals surface area (Å²) in [7, 11) is 0. The molecular formula is C16H14BrClO. The van der Waals surface area contributed by atoms with Crippen molar-refractivity contribution in [1.82, 2.24) is 0 Å². The first kappa shape index (κ1) is 13.0. The molecule has 0 unspecified atom stereocenters. The lowest BCUT2D eigenvalue weighted by atomic mass is 10.1. The molecule has 2 aromatic rings. The van der Waals surface area contributed by atoms with Crippen molar-refractivity contribution in [1.29, 1.82) is 0 Å². The van der Waals surface area contributed by atoms with Crippen LogP contribution in [-0.2, 0) is 18.7 Å². The van der Waals surface area contributed by atoms with Crippen molar-refractivity contribution in [2.75, 3.05) is 0 Å². The Hall–Kier alpha value is -0.990. The van der Waals surface area contributed by atoms with Gasteiger partial charge in [0.05, 0.1) is 0 Å². The Morgan fingerprint density at radius 3 is 2.53 bits per heavy atom. The van der Waals surface area contributed by atoms with E-state index in [1.807, 2.05) is 24.3 Å². The number of rotatable bonds is 3. The zero-order valence-electron chi connectivity index (χ0n) is 10.5. The summed E-state index contributed by atoms with van der Waals surface area (Å²) in [4.78, 5) is 0. The third-order valence-electron chi connectivity index (χ3n) is 3.47. The third-order valence-corrected chi connectivity index (χ3v) is 4.50. The van der Waals surface area contributed by atoms with Crippen LogP contribution in [0.15, 0.2) is 40.9 Å². The maximum Gasteiger partial charge on any atom is 0.128 e. The van der Waals surface area contributed by atoms with E-state index in [0.29, 0.717) is 5.88 Å². The molecule has 19 heavy (non-hydrogen) atoms. The highest BCUT2D eigenvalue weighted by molar-refractivity contribution is 9.10. The maximum absolute atomic E-state index is 5.91. The summed E-state index contributed by atoms with van der Waals surface area (Å²) in [5, 5.41) is 0. The van der Waals surface area contributed by atoms with E-state index >= 15 is 0 Å². The second-order valence-electron chi connectivity index (χ2n) is 4.77. The van der Waals surface area contributed by atoms with E-state index in [1.54, 1.807) is 0 Å². The number of hydrogen-bond donors (Lipinski definition) is 0. The molecule has 0 saturated heterocycles. The van der Waals surface area contributed by atoms with Gasteiger partial charge in [0, 0.05) is 10.4 Å². The van der Waals surface area contributed by atoms with E-state index in [0.717, 1.165) is 21.5 Å². The molecule has 2 aromatic carbocycles. The lowest BCUT2D eigenvalue weighted by Gasteiger charge is -2.09. The van der Waals surface area contributed by atoms with Crippen molar-refractivity contribution in [3.8, 4) is 11.5 Å². The molecule has 0 radical (unpaired) electrons. The van der Waals surface area contributed by atoms with Crippen LogP contribution in [0.3, 0.4) is 0 Å². The van der Waals surface area contributed by atoms with Crippen LogP contribution in [0.25, 0.3) is 0 Å². The average Bonchev–Trinajstić information content (AvgIpc) is 2.86. The molecule has 0 spiro atoms. The highest BCUT2D eigenvalue weighted by atomic mass is 79.9. The average molecular weight is 338 g/mol. The highest BCUT2D eigenvalue weighted by Gasteiger charge is 2.11. The van der Waals surface area contributed by atoms with Gasteiger partial charge >= 0.3 is 0 Å². The van der Waals surface area contributed by atoms with Gasteiger partial charge in [0.1, 0.15) is 11.5 Å². The Morgan fingerprint density at radius 1 is 1.00 bits per heavy atom. The van der Waals surface area contributed by atoms with E-state index in [2.05, 4.69) is 28.1 Å². The zero-order chi connectivity index (χ0) is 13.2. The summed E-state index contributed by atoms with van der Waals surface area (Å²) in [5.41, 5.74) is 3.96. The number of ether oxygens (including phenoxy) is 1. The second-order valence-corrected chi connectivity index (χ2v) is 5.89. The Kier molecular flexibility index (Phi) is 3.81. The number of halogens is 2. The summed E-state index contributed by atoms with van der Waals surface area (Å²) in [5.74, 6) is 2.24. The smallest absolute Gasteiger partial charge is 0.128 e. The largest absolute Gasteiger partial charge is 0.457 e. The van der Waals surface area contributed by atoms with Gasteiger partial charge in [0.2, 0.25) is 0 Å².